The van der Waals surface area contributed by atoms with Crippen molar-refractivity contribution in [1.29, 1.82) is 0 Å². The Morgan fingerprint density at radius 3 is 2.74 bits per heavy atom. The molecule has 0 unspecified atom stereocenters. The fraction of sp³-hybridized carbons (Fsp3) is 0. The zero-order valence-corrected chi connectivity index (χ0v) is 9.70. The number of carbonyl (C=O) groups is 1. The van der Waals surface area contributed by atoms with Crippen molar-refractivity contribution in [2.24, 2.45) is 0 Å². The Hall–Kier alpha value is -2.89. The van der Waals surface area contributed by atoms with Crippen molar-refractivity contribution >= 4 is 22.9 Å². The maximum absolute atomic E-state index is 10.6. The third kappa shape index (κ3) is 2.23. The molecule has 1 aromatic carbocycles. The molecule has 0 spiro atoms. The maximum atomic E-state index is 10.6. The van der Waals surface area contributed by atoms with Gasteiger partial charge in [0.2, 0.25) is 5.89 Å². The summed E-state index contributed by atoms with van der Waals surface area (Å²) in [5.41, 5.74) is 2.46. The number of benzene rings is 1. The molecule has 19 heavy (non-hydrogen) atoms. The number of carboxylic acid groups (broad SMARTS) is 1. The molecule has 2 aromatic heterocycles. The van der Waals surface area contributed by atoms with Crippen molar-refractivity contribution < 1.29 is 14.3 Å². The van der Waals surface area contributed by atoms with Gasteiger partial charge in [-0.1, -0.05) is 0 Å². The summed E-state index contributed by atoms with van der Waals surface area (Å²) in [5.74, 6) is 0.477. The molecule has 0 saturated carbocycles. The van der Waals surface area contributed by atoms with Gasteiger partial charge in [0.15, 0.2) is 5.58 Å². The first kappa shape index (κ1) is 11.2. The first-order valence-corrected chi connectivity index (χ1v) is 5.53. The lowest BCUT2D eigenvalue weighted by atomic mass is 10.3. The van der Waals surface area contributed by atoms with E-state index < -0.39 is 6.09 Å². The predicted molar refractivity (Wildman–Crippen MR) is 68.9 cm³/mol. The number of nitrogens with one attached hydrogen (secondary N) is 1. The van der Waals surface area contributed by atoms with Gasteiger partial charge in [-0.05, 0) is 24.3 Å². The average Bonchev–Trinajstić information content (AvgIpc) is 2.82. The number of oxazole rings is 1. The quantitative estimate of drug-likeness (QED) is 0.734. The molecule has 3 rings (SSSR count). The van der Waals surface area contributed by atoms with Crippen molar-refractivity contribution in [3.8, 4) is 11.5 Å². The molecule has 0 aliphatic heterocycles. The number of nitrogens with zero attached hydrogens (tertiary/aromatic N) is 2. The van der Waals surface area contributed by atoms with Crippen LogP contribution in [0.25, 0.3) is 22.6 Å². The number of pyridine rings is 1. The smallest absolute Gasteiger partial charge is 0.409 e. The minimum atomic E-state index is -1.12. The minimum Gasteiger partial charge on any atom is -0.465 e. The highest BCUT2D eigenvalue weighted by Gasteiger charge is 2.09. The Balaban J connectivity index is 2.04. The number of rotatable bonds is 2. The molecule has 94 valence electrons. The Kier molecular flexibility index (Phi) is 2.60. The van der Waals surface area contributed by atoms with E-state index in [-0.39, 0.29) is 0 Å². The second kappa shape index (κ2) is 4.41. The van der Waals surface area contributed by atoms with Gasteiger partial charge < -0.3 is 9.52 Å². The van der Waals surface area contributed by atoms with E-state index in [2.05, 4.69) is 15.3 Å². The third-order valence-electron chi connectivity index (χ3n) is 2.57. The largest absolute Gasteiger partial charge is 0.465 e. The summed E-state index contributed by atoms with van der Waals surface area (Å²) in [6.45, 7) is 0. The van der Waals surface area contributed by atoms with E-state index in [4.69, 9.17) is 9.52 Å². The lowest BCUT2D eigenvalue weighted by Gasteiger charge is -1.98. The Morgan fingerprint density at radius 2 is 2.00 bits per heavy atom. The number of fused-ring (bicyclic) bond motifs is 1. The highest BCUT2D eigenvalue weighted by molar-refractivity contribution is 5.87. The van der Waals surface area contributed by atoms with Gasteiger partial charge in [-0.15, -0.1) is 0 Å². The highest BCUT2D eigenvalue weighted by atomic mass is 16.4. The topological polar surface area (TPSA) is 88.2 Å². The van der Waals surface area contributed by atoms with Crippen molar-refractivity contribution in [2.45, 2.75) is 0 Å². The molecule has 0 saturated heterocycles. The highest BCUT2D eigenvalue weighted by Crippen LogP contribution is 2.25. The summed E-state index contributed by atoms with van der Waals surface area (Å²) in [6, 6.07) is 8.52. The summed E-state index contributed by atoms with van der Waals surface area (Å²) in [5, 5.41) is 10.9. The van der Waals surface area contributed by atoms with Gasteiger partial charge in [-0.25, -0.2) is 9.78 Å². The zero-order chi connectivity index (χ0) is 13.2. The van der Waals surface area contributed by atoms with Crippen LogP contribution in [0.15, 0.2) is 47.1 Å². The predicted octanol–water partition coefficient (Wildman–Crippen LogP) is 2.98. The van der Waals surface area contributed by atoms with Crippen molar-refractivity contribution in [1.82, 2.24) is 9.97 Å². The average molecular weight is 255 g/mol. The van der Waals surface area contributed by atoms with Gasteiger partial charge in [0.25, 0.3) is 0 Å². The second-order valence-electron chi connectivity index (χ2n) is 3.87. The van der Waals surface area contributed by atoms with Crippen LogP contribution in [0.2, 0.25) is 0 Å². The third-order valence-corrected chi connectivity index (χ3v) is 2.57. The van der Waals surface area contributed by atoms with E-state index in [1.807, 2.05) is 0 Å². The Bertz CT molecular complexity index is 737. The summed E-state index contributed by atoms with van der Waals surface area (Å²) < 4.78 is 5.60. The molecule has 0 aliphatic rings. The van der Waals surface area contributed by atoms with Crippen LogP contribution in [0.3, 0.4) is 0 Å². The molecule has 0 fully saturated rings. The van der Waals surface area contributed by atoms with Crippen LogP contribution in [0, 0.1) is 0 Å². The summed E-state index contributed by atoms with van der Waals surface area (Å²) >= 11 is 0. The fourth-order valence-corrected chi connectivity index (χ4v) is 1.74. The normalized spacial score (nSPS) is 10.5. The lowest BCUT2D eigenvalue weighted by molar-refractivity contribution is 0.210. The van der Waals surface area contributed by atoms with Crippen LogP contribution >= 0.6 is 0 Å². The lowest BCUT2D eigenvalue weighted by Crippen LogP contribution is -2.06. The van der Waals surface area contributed by atoms with Gasteiger partial charge in [0, 0.05) is 29.7 Å². The van der Waals surface area contributed by atoms with Crippen LogP contribution in [-0.2, 0) is 0 Å². The zero-order valence-electron chi connectivity index (χ0n) is 9.70. The minimum absolute atomic E-state index is 0.442. The first-order valence-electron chi connectivity index (χ1n) is 5.53. The van der Waals surface area contributed by atoms with Crippen LogP contribution in [0.4, 0.5) is 10.5 Å². The van der Waals surface area contributed by atoms with Gasteiger partial charge in [0.05, 0.1) is 0 Å². The van der Waals surface area contributed by atoms with Crippen LogP contribution in [0.5, 0.6) is 0 Å². The number of hydrogen-bond acceptors (Lipinski definition) is 4. The number of aromatic nitrogens is 2. The van der Waals surface area contributed by atoms with Gasteiger partial charge >= 0.3 is 6.09 Å². The van der Waals surface area contributed by atoms with E-state index in [0.717, 1.165) is 5.56 Å². The molecule has 0 aliphatic carbocycles. The van der Waals surface area contributed by atoms with Gasteiger partial charge in [0.1, 0.15) is 5.52 Å². The fourth-order valence-electron chi connectivity index (χ4n) is 1.74. The Labute approximate surface area is 107 Å². The number of anilines is 1. The molecule has 0 radical (unpaired) electrons. The van der Waals surface area contributed by atoms with Crippen LogP contribution in [0.1, 0.15) is 0 Å². The van der Waals surface area contributed by atoms with Gasteiger partial charge in [-0.3, -0.25) is 10.3 Å². The standard InChI is InChI=1S/C13H9N3O3/c17-13(18)15-9-1-2-10-11(7-9)19-12(16-10)8-3-5-14-6-4-8/h1-7,15H,(H,17,18). The van der Waals surface area contributed by atoms with Crippen LogP contribution < -0.4 is 5.32 Å². The Morgan fingerprint density at radius 1 is 1.21 bits per heavy atom. The van der Waals surface area contributed by atoms with Crippen molar-refractivity contribution in [2.75, 3.05) is 5.32 Å². The molecule has 3 aromatic rings. The monoisotopic (exact) mass is 255 g/mol. The van der Waals surface area contributed by atoms with E-state index in [1.165, 1.54) is 0 Å². The second-order valence-corrected chi connectivity index (χ2v) is 3.87. The molecule has 1 amide bonds. The molecule has 0 bridgehead atoms. The van der Waals surface area contributed by atoms with Crippen LogP contribution in [-0.4, -0.2) is 21.2 Å². The molecule has 2 N–H and O–H groups in total. The molecular formula is C13H9N3O3. The molecule has 0 atom stereocenters. The van der Waals surface area contributed by atoms with E-state index in [9.17, 15) is 4.79 Å². The number of hydrogen-bond donors (Lipinski definition) is 2. The number of amides is 1. The summed E-state index contributed by atoms with van der Waals surface area (Å²) in [7, 11) is 0. The molecule has 6 nitrogen and oxygen atoms in total. The summed E-state index contributed by atoms with van der Waals surface area (Å²) in [6.07, 6.45) is 2.19. The molecular weight excluding hydrogens is 246 g/mol. The van der Waals surface area contributed by atoms with E-state index >= 15 is 0 Å². The van der Waals surface area contributed by atoms with E-state index in [1.54, 1.807) is 42.7 Å². The van der Waals surface area contributed by atoms with Crippen molar-refractivity contribution in [3.63, 3.8) is 0 Å². The van der Waals surface area contributed by atoms with Crippen molar-refractivity contribution in [3.05, 3.63) is 42.7 Å². The first-order chi connectivity index (χ1) is 9.22. The van der Waals surface area contributed by atoms with Gasteiger partial charge in [-0.2, -0.15) is 0 Å². The summed E-state index contributed by atoms with van der Waals surface area (Å²) in [4.78, 5) is 18.8. The molecule has 2 heterocycles. The maximum Gasteiger partial charge on any atom is 0.409 e. The SMILES string of the molecule is O=C(O)Nc1ccc2nc(-c3ccncc3)oc2c1. The molecule has 6 heteroatoms. The van der Waals surface area contributed by atoms with E-state index in [0.29, 0.717) is 22.7 Å².